The van der Waals surface area contributed by atoms with E-state index in [1.165, 1.54) is 193 Å². The number of rotatable bonds is 30. The van der Waals surface area contributed by atoms with Crippen LogP contribution in [0.3, 0.4) is 0 Å². The molecule has 0 saturated heterocycles. The van der Waals surface area contributed by atoms with Crippen LogP contribution in [-0.2, 0) is 0 Å². The third-order valence-electron chi connectivity index (χ3n) is 7.54. The summed E-state index contributed by atoms with van der Waals surface area (Å²) in [5, 5.41) is 0. The summed E-state index contributed by atoms with van der Waals surface area (Å²) in [5.74, 6) is 3.20. The van der Waals surface area contributed by atoms with Crippen molar-refractivity contribution in [3.63, 3.8) is 0 Å². The molecule has 0 radical (unpaired) electrons. The van der Waals surface area contributed by atoms with E-state index in [2.05, 4.69) is 58.7 Å². The molecule has 0 atom stereocenters. The fraction of sp³-hybridized carbons (Fsp3) is 1.00. The first-order chi connectivity index (χ1) is 19.2. The molecule has 0 aliphatic carbocycles. The SMILES string of the molecule is CCCCCCCCCCCCS.CCCCCCCCCCCCS.CCCCCCCCCCCCS.[SbH3]. The van der Waals surface area contributed by atoms with Crippen LogP contribution in [0.15, 0.2) is 0 Å². The fourth-order valence-corrected chi connectivity index (χ4v) is 5.47. The Bertz CT molecular complexity index is 273. The first kappa shape index (κ1) is 48.8. The van der Waals surface area contributed by atoms with Gasteiger partial charge in [-0.25, -0.2) is 0 Å². The second-order valence-corrected chi connectivity index (χ2v) is 13.1. The molecule has 0 heterocycles. The zero-order valence-electron chi connectivity index (χ0n) is 28.4. The van der Waals surface area contributed by atoms with Crippen LogP contribution < -0.4 is 0 Å². The first-order valence-electron chi connectivity index (χ1n) is 18.1. The summed E-state index contributed by atoms with van der Waals surface area (Å²) in [5.41, 5.74) is 0. The zero-order valence-corrected chi connectivity index (χ0v) is 35.1. The van der Waals surface area contributed by atoms with E-state index in [9.17, 15) is 0 Å². The van der Waals surface area contributed by atoms with Gasteiger partial charge in [0.15, 0.2) is 0 Å². The van der Waals surface area contributed by atoms with E-state index in [0.717, 1.165) is 17.3 Å². The molecule has 0 spiro atoms. The molecule has 0 aromatic heterocycles. The Morgan fingerprint density at radius 3 is 0.475 bits per heavy atom. The Labute approximate surface area is 291 Å². The normalized spacial score (nSPS) is 10.3. The molecule has 0 amide bonds. The van der Waals surface area contributed by atoms with Gasteiger partial charge in [-0.2, -0.15) is 37.9 Å². The van der Waals surface area contributed by atoms with E-state index in [0.29, 0.717) is 0 Å². The van der Waals surface area contributed by atoms with Crippen molar-refractivity contribution >= 4 is 62.3 Å². The van der Waals surface area contributed by atoms with Gasteiger partial charge in [-0.05, 0) is 36.5 Å². The number of thiol groups is 3. The van der Waals surface area contributed by atoms with E-state index in [4.69, 9.17) is 0 Å². The van der Waals surface area contributed by atoms with Crippen LogP contribution in [0.2, 0.25) is 0 Å². The minimum absolute atomic E-state index is 0. The molecule has 0 N–H and O–H groups in total. The van der Waals surface area contributed by atoms with Gasteiger partial charge in [-0.15, -0.1) is 0 Å². The maximum atomic E-state index is 4.20. The number of hydrogen-bond donors (Lipinski definition) is 3. The third kappa shape index (κ3) is 59.3. The van der Waals surface area contributed by atoms with Crippen molar-refractivity contribution in [3.05, 3.63) is 0 Å². The minimum atomic E-state index is 0. The average molecular weight is 732 g/mol. The summed E-state index contributed by atoms with van der Waals surface area (Å²) in [6, 6.07) is 0. The molecule has 0 saturated carbocycles. The van der Waals surface area contributed by atoms with Crippen molar-refractivity contribution in [1.82, 2.24) is 0 Å². The average Bonchev–Trinajstić information content (AvgIpc) is 2.95. The summed E-state index contributed by atoms with van der Waals surface area (Å²) in [6.07, 6.45) is 42.5. The molecule has 40 heavy (non-hydrogen) atoms. The zero-order chi connectivity index (χ0) is 29.3. The Hall–Kier alpha value is 1.87. The van der Waals surface area contributed by atoms with E-state index in [-0.39, 0.29) is 24.4 Å². The fourth-order valence-electron chi connectivity index (χ4n) is 4.80. The van der Waals surface area contributed by atoms with Crippen molar-refractivity contribution in [2.75, 3.05) is 17.3 Å². The predicted molar refractivity (Wildman–Crippen MR) is 207 cm³/mol. The van der Waals surface area contributed by atoms with Crippen molar-refractivity contribution in [1.29, 1.82) is 0 Å². The van der Waals surface area contributed by atoms with E-state index >= 15 is 0 Å². The van der Waals surface area contributed by atoms with E-state index in [1.54, 1.807) is 0 Å². The summed E-state index contributed by atoms with van der Waals surface area (Å²) < 4.78 is 0. The van der Waals surface area contributed by atoms with Gasteiger partial charge < -0.3 is 0 Å². The molecule has 0 unspecified atom stereocenters. The molecule has 0 fully saturated rings. The van der Waals surface area contributed by atoms with Gasteiger partial charge in [0.25, 0.3) is 0 Å². The van der Waals surface area contributed by atoms with Gasteiger partial charge >= 0.3 is 24.4 Å². The van der Waals surface area contributed by atoms with Crippen molar-refractivity contribution < 1.29 is 0 Å². The Kier molecular flexibility index (Phi) is 65.1. The molecule has 0 aliphatic rings. The van der Waals surface area contributed by atoms with Gasteiger partial charge in [-0.3, -0.25) is 0 Å². The Morgan fingerprint density at radius 1 is 0.225 bits per heavy atom. The topological polar surface area (TPSA) is 0 Å². The first-order valence-corrected chi connectivity index (χ1v) is 20.0. The molecular weight excluding hydrogens is 650 g/mol. The summed E-state index contributed by atoms with van der Waals surface area (Å²) in [6.45, 7) is 6.83. The molecule has 0 aromatic rings. The Morgan fingerprint density at radius 2 is 0.350 bits per heavy atom. The Balaban J connectivity index is -0.000000240. The van der Waals surface area contributed by atoms with Gasteiger partial charge in [0.1, 0.15) is 0 Å². The van der Waals surface area contributed by atoms with Gasteiger partial charge in [0.05, 0.1) is 0 Å². The third-order valence-corrected chi connectivity index (χ3v) is 8.48. The van der Waals surface area contributed by atoms with E-state index in [1.807, 2.05) is 0 Å². The van der Waals surface area contributed by atoms with E-state index < -0.39 is 0 Å². The molecule has 4 heteroatoms. The van der Waals surface area contributed by atoms with Gasteiger partial charge in [0.2, 0.25) is 0 Å². The van der Waals surface area contributed by atoms with Crippen molar-refractivity contribution in [3.8, 4) is 0 Å². The second kappa shape index (κ2) is 53.4. The monoisotopic (exact) mass is 730 g/mol. The van der Waals surface area contributed by atoms with Crippen LogP contribution in [0.1, 0.15) is 213 Å². The summed E-state index contributed by atoms with van der Waals surface area (Å²) in [4.78, 5) is 0. The van der Waals surface area contributed by atoms with Crippen LogP contribution >= 0.6 is 37.9 Å². The molecule has 248 valence electrons. The standard InChI is InChI=1S/3C12H26S.Sb.3H/c3*1-2-3-4-5-6-7-8-9-10-11-12-13;;;;/h3*13H,2-12H2,1H3;;;;. The van der Waals surface area contributed by atoms with Crippen LogP contribution in [0.25, 0.3) is 0 Å². The predicted octanol–water partition coefficient (Wildman–Crippen LogP) is 13.3. The van der Waals surface area contributed by atoms with Crippen LogP contribution in [-0.4, -0.2) is 41.7 Å². The maximum absolute atomic E-state index is 4.20. The van der Waals surface area contributed by atoms with Crippen LogP contribution in [0, 0.1) is 0 Å². The molecule has 0 aromatic carbocycles. The molecule has 0 nitrogen and oxygen atoms in total. The van der Waals surface area contributed by atoms with Crippen LogP contribution in [0.4, 0.5) is 0 Å². The number of unbranched alkanes of at least 4 members (excludes halogenated alkanes) is 27. The molecule has 0 rings (SSSR count). The van der Waals surface area contributed by atoms with Gasteiger partial charge in [0, 0.05) is 0 Å². The quantitative estimate of drug-likeness (QED) is 0.0366. The summed E-state index contributed by atoms with van der Waals surface area (Å²) in [7, 11) is 0. The molecule has 0 bridgehead atoms. The summed E-state index contributed by atoms with van der Waals surface area (Å²) >= 11 is 12.6. The van der Waals surface area contributed by atoms with Crippen molar-refractivity contribution in [2.24, 2.45) is 0 Å². The second-order valence-electron chi connectivity index (χ2n) is 11.7. The van der Waals surface area contributed by atoms with Crippen LogP contribution in [0.5, 0.6) is 0 Å². The molecular formula is C36H81S3Sb. The molecule has 0 aliphatic heterocycles. The van der Waals surface area contributed by atoms with Gasteiger partial charge in [-0.1, -0.05) is 194 Å². The number of hydrogen-bond acceptors (Lipinski definition) is 3. The van der Waals surface area contributed by atoms with Crippen molar-refractivity contribution in [2.45, 2.75) is 213 Å².